The summed E-state index contributed by atoms with van der Waals surface area (Å²) in [6.07, 6.45) is 9.14. The van der Waals surface area contributed by atoms with Crippen molar-refractivity contribution >= 4 is 23.8 Å². The van der Waals surface area contributed by atoms with Crippen LogP contribution in [0.1, 0.15) is 57.8 Å². The Morgan fingerprint density at radius 1 is 1.00 bits per heavy atom. The molecular formula is C22H42N4O3S. The van der Waals surface area contributed by atoms with E-state index in [4.69, 9.17) is 4.74 Å². The number of nitrogens with zero attached hydrogens (tertiary/aromatic N) is 2. The van der Waals surface area contributed by atoms with Gasteiger partial charge in [0, 0.05) is 17.4 Å². The van der Waals surface area contributed by atoms with Gasteiger partial charge in [-0.2, -0.15) is 11.8 Å². The number of fused-ring (bicyclic) bond motifs is 1. The third-order valence-corrected chi connectivity index (χ3v) is 7.41. The van der Waals surface area contributed by atoms with Gasteiger partial charge in [0.2, 0.25) is 0 Å². The maximum Gasteiger partial charge on any atom is 0.315 e. The number of ether oxygens (including phenoxy) is 1. The molecule has 0 aliphatic carbocycles. The van der Waals surface area contributed by atoms with Crippen LogP contribution in [0.5, 0.6) is 0 Å². The van der Waals surface area contributed by atoms with Crippen LogP contribution in [0.2, 0.25) is 0 Å². The van der Waals surface area contributed by atoms with Gasteiger partial charge in [0.05, 0.1) is 18.7 Å². The van der Waals surface area contributed by atoms with E-state index in [-0.39, 0.29) is 24.1 Å². The first-order valence-corrected chi connectivity index (χ1v) is 12.7. The highest BCUT2D eigenvalue weighted by atomic mass is 32.2. The Morgan fingerprint density at radius 3 is 2.57 bits per heavy atom. The van der Waals surface area contributed by atoms with Crippen LogP contribution in [0.15, 0.2) is 0 Å². The van der Waals surface area contributed by atoms with Crippen molar-refractivity contribution in [2.45, 2.75) is 75.1 Å². The average molecular weight is 443 g/mol. The minimum absolute atomic E-state index is 0.0362. The molecule has 2 aliphatic heterocycles. The molecule has 0 bridgehead atoms. The van der Waals surface area contributed by atoms with Gasteiger partial charge in [-0.05, 0) is 72.9 Å². The van der Waals surface area contributed by atoms with Crippen LogP contribution in [0.3, 0.4) is 0 Å². The Kier molecular flexibility index (Phi) is 11.9. The number of carbonyl (C=O) groups excluding carboxylic acids is 2. The lowest BCUT2D eigenvalue weighted by atomic mass is 10.0. The molecule has 3 unspecified atom stereocenters. The maximum atomic E-state index is 11.9. The van der Waals surface area contributed by atoms with Crippen molar-refractivity contribution in [1.29, 1.82) is 0 Å². The lowest BCUT2D eigenvalue weighted by molar-refractivity contribution is -0.143. The van der Waals surface area contributed by atoms with Crippen molar-refractivity contribution < 1.29 is 14.3 Å². The number of esters is 1. The Balaban J connectivity index is 1.36. The van der Waals surface area contributed by atoms with Crippen LogP contribution >= 0.6 is 11.8 Å². The highest BCUT2D eigenvalue weighted by molar-refractivity contribution is 8.00. The molecule has 30 heavy (non-hydrogen) atoms. The highest BCUT2D eigenvalue weighted by Crippen LogP contribution is 2.33. The summed E-state index contributed by atoms with van der Waals surface area (Å²) in [7, 11) is 6.43. The van der Waals surface area contributed by atoms with E-state index in [1.165, 1.54) is 19.3 Å². The van der Waals surface area contributed by atoms with Crippen molar-refractivity contribution in [3.05, 3.63) is 0 Å². The number of carbonyl (C=O) groups is 2. The van der Waals surface area contributed by atoms with Gasteiger partial charge >= 0.3 is 12.0 Å². The Morgan fingerprint density at radius 2 is 1.77 bits per heavy atom. The van der Waals surface area contributed by atoms with Gasteiger partial charge < -0.3 is 25.2 Å². The molecule has 2 heterocycles. The van der Waals surface area contributed by atoms with Crippen molar-refractivity contribution in [3.8, 4) is 0 Å². The molecule has 0 saturated carbocycles. The van der Waals surface area contributed by atoms with E-state index >= 15 is 0 Å². The van der Waals surface area contributed by atoms with Gasteiger partial charge in [0.15, 0.2) is 0 Å². The number of urea groups is 1. The Bertz CT molecular complexity index is 521. The van der Waals surface area contributed by atoms with Crippen LogP contribution in [0, 0.1) is 0 Å². The fourth-order valence-electron chi connectivity index (χ4n) is 4.12. The largest absolute Gasteiger partial charge is 0.466 e. The first-order valence-electron chi connectivity index (χ1n) is 11.6. The minimum atomic E-state index is -0.0663. The molecule has 7 nitrogen and oxygen atoms in total. The number of thioether (sulfide) groups is 1. The quantitative estimate of drug-likeness (QED) is 0.218. The molecule has 3 atom stereocenters. The van der Waals surface area contributed by atoms with Crippen LogP contribution in [-0.2, 0) is 9.53 Å². The van der Waals surface area contributed by atoms with E-state index in [0.29, 0.717) is 18.3 Å². The number of hydrogen-bond acceptors (Lipinski definition) is 6. The lowest BCUT2D eigenvalue weighted by Gasteiger charge is -2.17. The highest BCUT2D eigenvalue weighted by Gasteiger charge is 2.42. The first kappa shape index (κ1) is 25.3. The summed E-state index contributed by atoms with van der Waals surface area (Å²) in [6.45, 7) is 4.00. The van der Waals surface area contributed by atoms with E-state index < -0.39 is 0 Å². The zero-order valence-electron chi connectivity index (χ0n) is 19.2. The number of nitrogens with one attached hydrogen (secondary N) is 2. The third-order valence-electron chi connectivity index (χ3n) is 5.90. The molecule has 0 aromatic heterocycles. The van der Waals surface area contributed by atoms with E-state index in [1.54, 1.807) is 0 Å². The zero-order valence-corrected chi connectivity index (χ0v) is 20.0. The van der Waals surface area contributed by atoms with E-state index in [9.17, 15) is 9.59 Å². The van der Waals surface area contributed by atoms with Gasteiger partial charge in [-0.25, -0.2) is 4.79 Å². The lowest BCUT2D eigenvalue weighted by Crippen LogP contribution is -2.36. The second kappa shape index (κ2) is 14.1. The molecule has 8 heteroatoms. The summed E-state index contributed by atoms with van der Waals surface area (Å²) in [5.74, 6) is 0.923. The average Bonchev–Trinajstić information content (AvgIpc) is 3.23. The number of rotatable bonds is 16. The SMILES string of the molecule is CN(C)CCCN(C)CCCCCCOC(=O)CCCCC1SCC2NC(=O)NC21. The summed E-state index contributed by atoms with van der Waals surface area (Å²) in [5.41, 5.74) is 0. The van der Waals surface area contributed by atoms with Gasteiger partial charge in [-0.3, -0.25) is 4.79 Å². The molecule has 174 valence electrons. The normalized spacial score (nSPS) is 23.0. The van der Waals surface area contributed by atoms with E-state index in [1.807, 2.05) is 11.8 Å². The molecule has 2 saturated heterocycles. The maximum absolute atomic E-state index is 11.9. The molecule has 2 N–H and O–H groups in total. The molecule has 0 aromatic rings. The monoisotopic (exact) mass is 442 g/mol. The Hall–Kier alpha value is -0.990. The van der Waals surface area contributed by atoms with Crippen molar-refractivity contribution in [2.75, 3.05) is 53.1 Å². The molecule has 0 radical (unpaired) electrons. The van der Waals surface area contributed by atoms with E-state index in [2.05, 4.69) is 41.6 Å². The first-order chi connectivity index (χ1) is 14.5. The van der Waals surface area contributed by atoms with Gasteiger partial charge in [-0.15, -0.1) is 0 Å². The molecule has 2 fully saturated rings. The smallest absolute Gasteiger partial charge is 0.315 e. The number of hydrogen-bond donors (Lipinski definition) is 2. The zero-order chi connectivity index (χ0) is 21.8. The topological polar surface area (TPSA) is 73.9 Å². The van der Waals surface area contributed by atoms with Crippen molar-refractivity contribution in [1.82, 2.24) is 20.4 Å². The van der Waals surface area contributed by atoms with Gasteiger partial charge in [0.25, 0.3) is 0 Å². The standard InChI is InChI=1S/C22H42N4O3S/c1-25(2)13-10-15-26(3)14-8-4-5-9-16-29-20(27)12-7-6-11-19-21-18(17-30-19)23-22(28)24-21/h18-19,21H,4-17H2,1-3H3,(H2,23,24,28). The molecule has 2 amide bonds. The molecule has 0 spiro atoms. The molecule has 2 aliphatic rings. The fraction of sp³-hybridized carbons (Fsp3) is 0.909. The summed E-state index contributed by atoms with van der Waals surface area (Å²) in [6, 6.07) is 0.499. The van der Waals surface area contributed by atoms with Crippen LogP contribution in [-0.4, -0.2) is 92.3 Å². The summed E-state index contributed by atoms with van der Waals surface area (Å²) < 4.78 is 5.37. The summed E-state index contributed by atoms with van der Waals surface area (Å²) in [5, 5.41) is 6.45. The Labute approximate surface area is 187 Å². The molecule has 2 rings (SSSR count). The van der Waals surface area contributed by atoms with Crippen LogP contribution in [0.25, 0.3) is 0 Å². The number of unbranched alkanes of at least 4 members (excludes halogenated alkanes) is 4. The van der Waals surface area contributed by atoms with E-state index in [0.717, 1.165) is 57.5 Å². The predicted octanol–water partition coefficient (Wildman–Crippen LogP) is 2.70. The van der Waals surface area contributed by atoms with Gasteiger partial charge in [-0.1, -0.05) is 19.3 Å². The third kappa shape index (κ3) is 9.88. The van der Waals surface area contributed by atoms with Crippen LogP contribution in [0.4, 0.5) is 4.79 Å². The summed E-state index contributed by atoms with van der Waals surface area (Å²) >= 11 is 1.93. The fourth-order valence-corrected chi connectivity index (χ4v) is 5.67. The molecular weight excluding hydrogens is 400 g/mol. The minimum Gasteiger partial charge on any atom is -0.466 e. The second-order valence-corrected chi connectivity index (χ2v) is 10.2. The summed E-state index contributed by atoms with van der Waals surface area (Å²) in [4.78, 5) is 27.9. The van der Waals surface area contributed by atoms with Crippen molar-refractivity contribution in [2.24, 2.45) is 0 Å². The van der Waals surface area contributed by atoms with Gasteiger partial charge in [0.1, 0.15) is 0 Å². The molecule has 0 aromatic carbocycles. The van der Waals surface area contributed by atoms with Crippen LogP contribution < -0.4 is 10.6 Å². The predicted molar refractivity (Wildman–Crippen MR) is 124 cm³/mol. The van der Waals surface area contributed by atoms with Crippen molar-refractivity contribution in [3.63, 3.8) is 0 Å². The second-order valence-electron chi connectivity index (χ2n) is 8.96. The number of amides is 2.